The summed E-state index contributed by atoms with van der Waals surface area (Å²) in [7, 11) is 0. The Hall–Kier alpha value is -0.900. The lowest BCUT2D eigenvalue weighted by Crippen LogP contribution is -2.37. The van der Waals surface area contributed by atoms with E-state index in [1.807, 2.05) is 0 Å². The Bertz CT molecular complexity index is 340. The second-order valence-corrected chi connectivity index (χ2v) is 4.48. The van der Waals surface area contributed by atoms with E-state index in [1.54, 1.807) is 0 Å². The van der Waals surface area contributed by atoms with Crippen LogP contribution in [0.25, 0.3) is 0 Å². The molecule has 0 aliphatic carbocycles. The molecule has 1 heterocycles. The number of β-amino-alcohol motifs (C(OH)–C–C–N with tert-alkyl or cyclic N) is 1. The minimum atomic E-state index is -0.282. The molecule has 0 amide bonds. The zero-order valence-electron chi connectivity index (χ0n) is 9.60. The van der Waals surface area contributed by atoms with Gasteiger partial charge in [-0.2, -0.15) is 0 Å². The predicted molar refractivity (Wildman–Crippen MR) is 65.1 cm³/mol. The minimum Gasteiger partial charge on any atom is -0.392 e. The summed E-state index contributed by atoms with van der Waals surface area (Å²) in [5.74, 6) is 0. The van der Waals surface area contributed by atoms with Gasteiger partial charge in [0.05, 0.1) is 6.10 Å². The molecule has 0 saturated heterocycles. The Morgan fingerprint density at radius 2 is 2.06 bits per heavy atom. The molecular formula is C13H20N2O. The maximum absolute atomic E-state index is 9.73. The van der Waals surface area contributed by atoms with Crippen molar-refractivity contribution in [1.82, 2.24) is 4.90 Å². The van der Waals surface area contributed by atoms with Crippen molar-refractivity contribution in [2.75, 3.05) is 19.6 Å². The van der Waals surface area contributed by atoms with Crippen molar-refractivity contribution in [2.24, 2.45) is 5.73 Å². The van der Waals surface area contributed by atoms with E-state index in [4.69, 9.17) is 5.73 Å². The molecule has 0 saturated carbocycles. The van der Waals surface area contributed by atoms with Crippen LogP contribution in [0.3, 0.4) is 0 Å². The SMILES string of the molecule is NCCC(O)CN1CCc2ccccc2C1. The highest BCUT2D eigenvalue weighted by Crippen LogP contribution is 2.18. The van der Waals surface area contributed by atoms with E-state index in [-0.39, 0.29) is 6.10 Å². The van der Waals surface area contributed by atoms with Gasteiger partial charge in [-0.25, -0.2) is 0 Å². The molecule has 16 heavy (non-hydrogen) atoms. The highest BCUT2D eigenvalue weighted by Gasteiger charge is 2.17. The fourth-order valence-corrected chi connectivity index (χ4v) is 2.29. The van der Waals surface area contributed by atoms with Crippen molar-refractivity contribution >= 4 is 0 Å². The van der Waals surface area contributed by atoms with Crippen LogP contribution in [0, 0.1) is 0 Å². The summed E-state index contributed by atoms with van der Waals surface area (Å²) in [5.41, 5.74) is 8.28. The Morgan fingerprint density at radius 1 is 1.31 bits per heavy atom. The quantitative estimate of drug-likeness (QED) is 0.787. The van der Waals surface area contributed by atoms with Crippen LogP contribution in [-0.2, 0) is 13.0 Å². The van der Waals surface area contributed by atoms with Gasteiger partial charge in [-0.1, -0.05) is 24.3 Å². The van der Waals surface area contributed by atoms with Crippen molar-refractivity contribution in [1.29, 1.82) is 0 Å². The van der Waals surface area contributed by atoms with E-state index in [0.717, 1.165) is 26.1 Å². The molecule has 1 aromatic carbocycles. The summed E-state index contributed by atoms with van der Waals surface area (Å²) < 4.78 is 0. The van der Waals surface area contributed by atoms with Crippen LogP contribution in [0.15, 0.2) is 24.3 Å². The van der Waals surface area contributed by atoms with Crippen LogP contribution in [0.4, 0.5) is 0 Å². The summed E-state index contributed by atoms with van der Waals surface area (Å²) >= 11 is 0. The number of benzene rings is 1. The van der Waals surface area contributed by atoms with E-state index < -0.39 is 0 Å². The number of hydrogen-bond acceptors (Lipinski definition) is 3. The van der Waals surface area contributed by atoms with Gasteiger partial charge in [-0.05, 0) is 30.5 Å². The number of fused-ring (bicyclic) bond motifs is 1. The highest BCUT2D eigenvalue weighted by molar-refractivity contribution is 5.29. The van der Waals surface area contributed by atoms with Crippen LogP contribution in [0.2, 0.25) is 0 Å². The first-order valence-corrected chi connectivity index (χ1v) is 5.97. The normalized spacial score (nSPS) is 18.1. The number of hydrogen-bond donors (Lipinski definition) is 2. The van der Waals surface area contributed by atoms with Crippen molar-refractivity contribution in [2.45, 2.75) is 25.5 Å². The largest absolute Gasteiger partial charge is 0.392 e. The summed E-state index contributed by atoms with van der Waals surface area (Å²) in [6, 6.07) is 8.55. The molecule has 0 radical (unpaired) electrons. The topological polar surface area (TPSA) is 49.5 Å². The zero-order chi connectivity index (χ0) is 11.4. The third-order valence-corrected chi connectivity index (χ3v) is 3.18. The van der Waals surface area contributed by atoms with Gasteiger partial charge in [0.2, 0.25) is 0 Å². The van der Waals surface area contributed by atoms with Crippen molar-refractivity contribution in [3.05, 3.63) is 35.4 Å². The summed E-state index contributed by atoms with van der Waals surface area (Å²) in [6.07, 6.45) is 1.50. The molecule has 3 nitrogen and oxygen atoms in total. The second kappa shape index (κ2) is 5.43. The standard InChI is InChI=1S/C13H20N2O/c14-7-5-13(16)10-15-8-6-11-3-1-2-4-12(11)9-15/h1-4,13,16H,5-10,14H2. The van der Waals surface area contributed by atoms with E-state index in [9.17, 15) is 5.11 Å². The lowest BCUT2D eigenvalue weighted by Gasteiger charge is -2.30. The summed E-state index contributed by atoms with van der Waals surface area (Å²) in [6.45, 7) is 3.30. The maximum Gasteiger partial charge on any atom is 0.0679 e. The third kappa shape index (κ3) is 2.82. The molecule has 0 fully saturated rings. The lowest BCUT2D eigenvalue weighted by molar-refractivity contribution is 0.100. The second-order valence-electron chi connectivity index (χ2n) is 4.48. The Labute approximate surface area is 96.9 Å². The highest BCUT2D eigenvalue weighted by atomic mass is 16.3. The Balaban J connectivity index is 1.92. The van der Waals surface area contributed by atoms with Crippen LogP contribution in [0.5, 0.6) is 0 Å². The van der Waals surface area contributed by atoms with Gasteiger partial charge in [-0.15, -0.1) is 0 Å². The van der Waals surface area contributed by atoms with Gasteiger partial charge < -0.3 is 10.8 Å². The Kier molecular flexibility index (Phi) is 3.93. The molecule has 1 aliphatic heterocycles. The van der Waals surface area contributed by atoms with E-state index in [0.29, 0.717) is 13.0 Å². The molecule has 0 aromatic heterocycles. The van der Waals surface area contributed by atoms with Gasteiger partial charge in [0.25, 0.3) is 0 Å². The van der Waals surface area contributed by atoms with Gasteiger partial charge >= 0.3 is 0 Å². The fraction of sp³-hybridized carbons (Fsp3) is 0.538. The van der Waals surface area contributed by atoms with Gasteiger partial charge in [-0.3, -0.25) is 4.90 Å². The fourth-order valence-electron chi connectivity index (χ4n) is 2.29. The lowest BCUT2D eigenvalue weighted by atomic mass is 9.99. The Morgan fingerprint density at radius 3 is 2.81 bits per heavy atom. The molecule has 1 aromatic rings. The van der Waals surface area contributed by atoms with Gasteiger partial charge in [0.1, 0.15) is 0 Å². The third-order valence-electron chi connectivity index (χ3n) is 3.18. The molecule has 0 spiro atoms. The first-order chi connectivity index (χ1) is 7.79. The maximum atomic E-state index is 9.73. The molecule has 3 N–H and O–H groups in total. The van der Waals surface area contributed by atoms with E-state index in [2.05, 4.69) is 29.2 Å². The molecule has 1 atom stereocenters. The molecule has 2 rings (SSSR count). The average molecular weight is 220 g/mol. The van der Waals surface area contributed by atoms with E-state index >= 15 is 0 Å². The summed E-state index contributed by atoms with van der Waals surface area (Å²) in [5, 5.41) is 9.73. The van der Waals surface area contributed by atoms with Gasteiger partial charge in [0.15, 0.2) is 0 Å². The number of nitrogens with zero attached hydrogens (tertiary/aromatic N) is 1. The van der Waals surface area contributed by atoms with Crippen LogP contribution in [-0.4, -0.2) is 35.7 Å². The van der Waals surface area contributed by atoms with Crippen molar-refractivity contribution < 1.29 is 5.11 Å². The van der Waals surface area contributed by atoms with Crippen LogP contribution in [0.1, 0.15) is 17.5 Å². The minimum absolute atomic E-state index is 0.282. The van der Waals surface area contributed by atoms with E-state index in [1.165, 1.54) is 11.1 Å². The first-order valence-electron chi connectivity index (χ1n) is 5.97. The zero-order valence-corrected chi connectivity index (χ0v) is 9.60. The molecule has 3 heteroatoms. The monoisotopic (exact) mass is 220 g/mol. The number of nitrogens with two attached hydrogens (primary N) is 1. The number of aliphatic hydroxyl groups excluding tert-OH is 1. The molecule has 1 unspecified atom stereocenters. The number of aliphatic hydroxyl groups is 1. The predicted octanol–water partition coefficient (Wildman–Crippen LogP) is 0.754. The van der Waals surface area contributed by atoms with Crippen molar-refractivity contribution in [3.8, 4) is 0 Å². The molecule has 0 bridgehead atoms. The number of rotatable bonds is 4. The van der Waals surface area contributed by atoms with Crippen LogP contribution >= 0.6 is 0 Å². The smallest absolute Gasteiger partial charge is 0.0679 e. The van der Waals surface area contributed by atoms with Crippen molar-refractivity contribution in [3.63, 3.8) is 0 Å². The van der Waals surface area contributed by atoms with Gasteiger partial charge in [0, 0.05) is 19.6 Å². The average Bonchev–Trinajstić information content (AvgIpc) is 2.29. The molecule has 88 valence electrons. The van der Waals surface area contributed by atoms with Crippen LogP contribution < -0.4 is 5.73 Å². The molecule has 1 aliphatic rings. The first kappa shape index (κ1) is 11.6. The summed E-state index contributed by atoms with van der Waals surface area (Å²) in [4.78, 5) is 2.31. The molecular weight excluding hydrogens is 200 g/mol.